The van der Waals surface area contributed by atoms with Gasteiger partial charge in [0.25, 0.3) is 0 Å². The normalized spacial score (nSPS) is 12.9. The summed E-state index contributed by atoms with van der Waals surface area (Å²) in [6.45, 7) is -0.0219. The van der Waals surface area contributed by atoms with Crippen molar-refractivity contribution in [1.29, 1.82) is 5.41 Å². The van der Waals surface area contributed by atoms with Crippen LogP contribution >= 0.6 is 11.6 Å². The fraction of sp³-hybridized carbons (Fsp3) is 0.333. The summed E-state index contributed by atoms with van der Waals surface area (Å²) in [5.41, 5.74) is -1.94. The predicted octanol–water partition coefficient (Wildman–Crippen LogP) is 3.53. The molecule has 0 fully saturated rings. The molecule has 0 radical (unpaired) electrons. The Hall–Kier alpha value is -2.83. The Morgan fingerprint density at radius 3 is 2.50 bits per heavy atom. The van der Waals surface area contributed by atoms with E-state index in [1.165, 1.54) is 30.3 Å². The molecule has 0 aliphatic rings. The van der Waals surface area contributed by atoms with Crippen LogP contribution in [0.15, 0.2) is 50.7 Å². The third-order valence-corrected chi connectivity index (χ3v) is 5.82. The highest BCUT2D eigenvalue weighted by Gasteiger charge is 2.38. The number of carbonyl (C=O) groups excluding carboxylic acids is 1. The number of ether oxygens (including phenoxy) is 1. The van der Waals surface area contributed by atoms with E-state index < -0.39 is 45.0 Å². The van der Waals surface area contributed by atoms with Crippen molar-refractivity contribution in [3.05, 3.63) is 47.2 Å². The van der Waals surface area contributed by atoms with Crippen LogP contribution in [0.5, 0.6) is 0 Å². The zero-order valence-corrected chi connectivity index (χ0v) is 20.1. The highest BCUT2D eigenvalue weighted by atomic mass is 35.5. The van der Waals surface area contributed by atoms with Crippen LogP contribution in [0.1, 0.15) is 5.76 Å². The number of hydrogen-bond acceptors (Lipinski definition) is 8. The van der Waals surface area contributed by atoms with E-state index in [4.69, 9.17) is 26.2 Å². The molecule has 1 aromatic heterocycles. The lowest BCUT2D eigenvalue weighted by Crippen LogP contribution is -2.29. The lowest BCUT2D eigenvalue weighted by atomic mass is 10.2. The average molecular weight is 522 g/mol. The SMILES string of the molecule is CN(C)CCOC(=O)CN/C(=C(/Cl)C(=N)C(F)(F)F)c1ccc(-c2cccc(S(C)(=O)=O)c2)o1. The summed E-state index contributed by atoms with van der Waals surface area (Å²) < 4.78 is 73.5. The van der Waals surface area contributed by atoms with Crippen LogP contribution in [0.4, 0.5) is 13.2 Å². The molecule has 1 heterocycles. The van der Waals surface area contributed by atoms with Crippen molar-refractivity contribution in [3.63, 3.8) is 0 Å². The molecular weight excluding hydrogens is 499 g/mol. The molecule has 0 bridgehead atoms. The minimum atomic E-state index is -5.05. The number of furan rings is 1. The number of esters is 1. The van der Waals surface area contributed by atoms with Gasteiger partial charge in [-0.1, -0.05) is 23.7 Å². The summed E-state index contributed by atoms with van der Waals surface area (Å²) >= 11 is 5.86. The molecule has 1 aromatic carbocycles. The summed E-state index contributed by atoms with van der Waals surface area (Å²) in [7, 11) is 0.0395. The molecule has 0 unspecified atom stereocenters. The zero-order chi connectivity index (χ0) is 25.7. The Kier molecular flexibility index (Phi) is 8.92. The molecule has 0 aliphatic heterocycles. The summed E-state index contributed by atoms with van der Waals surface area (Å²) in [5.74, 6) is -0.814. The molecule has 0 amide bonds. The number of nitrogens with zero attached hydrogens (tertiary/aromatic N) is 1. The van der Waals surface area contributed by atoms with E-state index in [0.29, 0.717) is 12.1 Å². The minimum absolute atomic E-state index is 0.0224. The lowest BCUT2D eigenvalue weighted by Gasteiger charge is -2.14. The van der Waals surface area contributed by atoms with Gasteiger partial charge in [-0.3, -0.25) is 10.2 Å². The maximum Gasteiger partial charge on any atom is 0.434 e. The van der Waals surface area contributed by atoms with Gasteiger partial charge in [0, 0.05) is 18.4 Å². The average Bonchev–Trinajstić information content (AvgIpc) is 3.21. The van der Waals surface area contributed by atoms with Gasteiger partial charge in [0.05, 0.1) is 15.6 Å². The van der Waals surface area contributed by atoms with Gasteiger partial charge in [0.1, 0.15) is 18.9 Å². The standard InChI is InChI=1S/C21H23ClF3N3O5S/c1-28(2)9-10-32-17(29)12-27-19(18(22)20(26)21(23,24)25)16-8-7-15(33-16)13-5-4-6-14(11-13)34(3,30)31/h4-8,11,26-27H,9-10,12H2,1-3H3/b19-18+,26-20?. The first-order valence-electron chi connectivity index (χ1n) is 9.71. The van der Waals surface area contributed by atoms with Gasteiger partial charge in [-0.05, 0) is 38.4 Å². The molecule has 186 valence electrons. The van der Waals surface area contributed by atoms with Gasteiger partial charge >= 0.3 is 12.1 Å². The van der Waals surface area contributed by atoms with E-state index in [-0.39, 0.29) is 23.0 Å². The highest BCUT2D eigenvalue weighted by molar-refractivity contribution is 7.90. The summed E-state index contributed by atoms with van der Waals surface area (Å²) in [6, 6.07) is 8.45. The Bertz CT molecular complexity index is 1190. The lowest BCUT2D eigenvalue weighted by molar-refractivity contribution is -0.142. The van der Waals surface area contributed by atoms with E-state index in [1.807, 2.05) is 0 Å². The molecule has 0 saturated heterocycles. The molecule has 0 atom stereocenters. The molecule has 2 aromatic rings. The third-order valence-electron chi connectivity index (χ3n) is 4.33. The van der Waals surface area contributed by atoms with Crippen molar-refractivity contribution in [1.82, 2.24) is 10.2 Å². The number of likely N-dealkylation sites (N-methyl/N-ethyl adjacent to an activating group) is 1. The van der Waals surface area contributed by atoms with Crippen molar-refractivity contribution < 1.29 is 35.5 Å². The van der Waals surface area contributed by atoms with Crippen molar-refractivity contribution in [2.24, 2.45) is 0 Å². The molecule has 2 N–H and O–H groups in total. The van der Waals surface area contributed by atoms with Crippen molar-refractivity contribution in [3.8, 4) is 11.3 Å². The fourth-order valence-electron chi connectivity index (χ4n) is 2.58. The number of sulfone groups is 1. The van der Waals surface area contributed by atoms with Crippen molar-refractivity contribution in [2.75, 3.05) is 40.0 Å². The van der Waals surface area contributed by atoms with Crippen LogP contribution < -0.4 is 5.32 Å². The highest BCUT2D eigenvalue weighted by Crippen LogP contribution is 2.32. The van der Waals surface area contributed by atoms with E-state index in [2.05, 4.69) is 5.32 Å². The molecule has 0 spiro atoms. The van der Waals surface area contributed by atoms with Crippen molar-refractivity contribution >= 4 is 38.8 Å². The molecule has 34 heavy (non-hydrogen) atoms. The fourth-order valence-corrected chi connectivity index (χ4v) is 3.52. The Morgan fingerprint density at radius 2 is 1.91 bits per heavy atom. The second-order valence-electron chi connectivity index (χ2n) is 7.40. The van der Waals surface area contributed by atoms with E-state index in [9.17, 15) is 26.4 Å². The number of rotatable bonds is 10. The summed E-state index contributed by atoms with van der Waals surface area (Å²) in [4.78, 5) is 13.8. The number of nitrogens with one attached hydrogen (secondary N) is 2. The van der Waals surface area contributed by atoms with Gasteiger partial charge < -0.3 is 19.4 Å². The van der Waals surface area contributed by atoms with E-state index in [0.717, 1.165) is 6.26 Å². The Balaban J connectivity index is 2.37. The second-order valence-corrected chi connectivity index (χ2v) is 9.80. The third kappa shape index (κ3) is 7.61. The molecule has 13 heteroatoms. The van der Waals surface area contributed by atoms with Crippen molar-refractivity contribution in [2.45, 2.75) is 11.1 Å². The quantitative estimate of drug-likeness (QED) is 0.363. The predicted molar refractivity (Wildman–Crippen MR) is 121 cm³/mol. The van der Waals surface area contributed by atoms with Crippen LogP contribution in [0.25, 0.3) is 17.0 Å². The molecule has 0 saturated carbocycles. The first-order chi connectivity index (χ1) is 15.7. The molecule has 8 nitrogen and oxygen atoms in total. The number of alkyl halides is 3. The number of hydrogen-bond donors (Lipinski definition) is 2. The topological polar surface area (TPSA) is 113 Å². The van der Waals surface area contributed by atoms with Gasteiger partial charge in [-0.2, -0.15) is 13.2 Å². The first kappa shape index (κ1) is 27.4. The van der Waals surface area contributed by atoms with Crippen LogP contribution in [0.2, 0.25) is 0 Å². The number of carbonyl (C=O) groups is 1. The smallest absolute Gasteiger partial charge is 0.434 e. The monoisotopic (exact) mass is 521 g/mol. The number of allylic oxidation sites excluding steroid dienone is 1. The zero-order valence-electron chi connectivity index (χ0n) is 18.5. The summed E-state index contributed by atoms with van der Waals surface area (Å²) in [5, 5.41) is 8.79. The van der Waals surface area contributed by atoms with E-state index in [1.54, 1.807) is 25.1 Å². The second kappa shape index (κ2) is 11.1. The van der Waals surface area contributed by atoms with Gasteiger partial charge in [-0.15, -0.1) is 0 Å². The van der Waals surface area contributed by atoms with Crippen LogP contribution in [0.3, 0.4) is 0 Å². The minimum Gasteiger partial charge on any atom is -0.463 e. The Labute approximate surface area is 199 Å². The van der Waals surface area contributed by atoms with Gasteiger partial charge in [-0.25, -0.2) is 8.42 Å². The maximum atomic E-state index is 13.1. The van der Waals surface area contributed by atoms with E-state index >= 15 is 0 Å². The number of halogens is 4. The largest absolute Gasteiger partial charge is 0.463 e. The van der Waals surface area contributed by atoms with Crippen LogP contribution in [-0.2, 0) is 19.4 Å². The van der Waals surface area contributed by atoms with Gasteiger partial charge in [0.2, 0.25) is 0 Å². The van der Waals surface area contributed by atoms with Crippen LogP contribution in [0, 0.1) is 5.41 Å². The first-order valence-corrected chi connectivity index (χ1v) is 12.0. The Morgan fingerprint density at radius 1 is 1.24 bits per heavy atom. The molecular formula is C21H23ClF3N3O5S. The molecule has 0 aliphatic carbocycles. The summed E-state index contributed by atoms with van der Waals surface area (Å²) in [6.07, 6.45) is -4.01. The number of benzene rings is 1. The maximum absolute atomic E-state index is 13.1. The van der Waals surface area contributed by atoms with Crippen LogP contribution in [-0.4, -0.2) is 71.2 Å². The molecule has 2 rings (SSSR count). The van der Waals surface area contributed by atoms with Gasteiger partial charge in [0.15, 0.2) is 21.3 Å².